The Kier molecular flexibility index (Phi) is 5.18. The molecule has 1 amide bonds. The minimum absolute atomic E-state index is 0.0464. The van der Waals surface area contributed by atoms with Crippen LogP contribution in [0.1, 0.15) is 30.4 Å². The summed E-state index contributed by atoms with van der Waals surface area (Å²) in [6.45, 7) is 0.313. The first-order chi connectivity index (χ1) is 10.4. The Morgan fingerprint density at radius 1 is 1.27 bits per heavy atom. The molecule has 0 bridgehead atoms. The van der Waals surface area contributed by atoms with Crippen LogP contribution in [0, 0.1) is 0 Å². The van der Waals surface area contributed by atoms with Crippen molar-refractivity contribution in [3.8, 4) is 0 Å². The van der Waals surface area contributed by atoms with Crippen molar-refractivity contribution in [2.45, 2.75) is 37.1 Å². The van der Waals surface area contributed by atoms with Gasteiger partial charge in [-0.2, -0.15) is 0 Å². The van der Waals surface area contributed by atoms with Gasteiger partial charge in [0.2, 0.25) is 5.91 Å². The zero-order chi connectivity index (χ0) is 16.2. The lowest BCUT2D eigenvalue weighted by Gasteiger charge is -2.17. The minimum Gasteiger partial charge on any atom is -0.469 e. The SMILES string of the molecule is COC(=O)CCC(=O)NCc1ccc2c(c1)CCCS2(=O)=O. The number of rotatable bonds is 5. The molecule has 0 radical (unpaired) electrons. The first kappa shape index (κ1) is 16.5. The molecule has 1 aliphatic rings. The summed E-state index contributed by atoms with van der Waals surface area (Å²) in [5.74, 6) is -0.464. The van der Waals surface area contributed by atoms with E-state index >= 15 is 0 Å². The van der Waals surface area contributed by atoms with Gasteiger partial charge in [0, 0.05) is 13.0 Å². The summed E-state index contributed by atoms with van der Waals surface area (Å²) < 4.78 is 28.3. The number of fused-ring (bicyclic) bond motifs is 1. The Morgan fingerprint density at radius 2 is 2.05 bits per heavy atom. The second-order valence-corrected chi connectivity index (χ2v) is 7.29. The molecule has 6 nitrogen and oxygen atoms in total. The van der Waals surface area contributed by atoms with E-state index in [2.05, 4.69) is 10.1 Å². The maximum Gasteiger partial charge on any atom is 0.306 e. The quantitative estimate of drug-likeness (QED) is 0.815. The van der Waals surface area contributed by atoms with Crippen molar-refractivity contribution in [1.82, 2.24) is 5.32 Å². The van der Waals surface area contributed by atoms with E-state index in [1.54, 1.807) is 12.1 Å². The van der Waals surface area contributed by atoms with Crippen LogP contribution in [0.2, 0.25) is 0 Å². The van der Waals surface area contributed by atoms with E-state index in [0.29, 0.717) is 17.9 Å². The van der Waals surface area contributed by atoms with Crippen molar-refractivity contribution in [2.75, 3.05) is 12.9 Å². The number of carbonyl (C=O) groups excluding carboxylic acids is 2. The summed E-state index contributed by atoms with van der Waals surface area (Å²) in [6.07, 6.45) is 1.49. The highest BCUT2D eigenvalue weighted by Crippen LogP contribution is 2.25. The third-order valence-corrected chi connectivity index (χ3v) is 5.49. The summed E-state index contributed by atoms with van der Waals surface area (Å²) in [4.78, 5) is 23.0. The maximum absolute atomic E-state index is 11.9. The molecule has 0 saturated carbocycles. The van der Waals surface area contributed by atoms with Crippen LogP contribution in [0.5, 0.6) is 0 Å². The molecule has 0 spiro atoms. The fraction of sp³-hybridized carbons (Fsp3) is 0.467. The van der Waals surface area contributed by atoms with Gasteiger partial charge < -0.3 is 10.1 Å². The van der Waals surface area contributed by atoms with Crippen LogP contribution in [-0.4, -0.2) is 33.2 Å². The van der Waals surface area contributed by atoms with Crippen molar-refractivity contribution >= 4 is 21.7 Å². The molecule has 1 heterocycles. The predicted molar refractivity (Wildman–Crippen MR) is 79.9 cm³/mol. The van der Waals surface area contributed by atoms with Crippen LogP contribution < -0.4 is 5.32 Å². The molecule has 0 unspecified atom stereocenters. The number of amides is 1. The molecule has 1 N–H and O–H groups in total. The van der Waals surface area contributed by atoms with E-state index in [9.17, 15) is 18.0 Å². The van der Waals surface area contributed by atoms with E-state index in [1.165, 1.54) is 7.11 Å². The molecule has 1 aliphatic heterocycles. The lowest BCUT2D eigenvalue weighted by molar-refractivity contribution is -0.142. The highest BCUT2D eigenvalue weighted by Gasteiger charge is 2.23. The highest BCUT2D eigenvalue weighted by atomic mass is 32.2. The number of benzene rings is 1. The Bertz CT molecular complexity index is 681. The van der Waals surface area contributed by atoms with E-state index < -0.39 is 15.8 Å². The highest BCUT2D eigenvalue weighted by molar-refractivity contribution is 7.91. The number of ether oxygens (including phenoxy) is 1. The number of hydrogen-bond acceptors (Lipinski definition) is 5. The number of sulfone groups is 1. The predicted octanol–water partition coefficient (Wildman–Crippen LogP) is 0.976. The number of esters is 1. The zero-order valence-electron chi connectivity index (χ0n) is 12.4. The number of hydrogen-bond donors (Lipinski definition) is 1. The molecule has 0 fully saturated rings. The molecule has 120 valence electrons. The third-order valence-electron chi connectivity index (χ3n) is 3.59. The van der Waals surface area contributed by atoms with Crippen LogP contribution in [0.25, 0.3) is 0 Å². The summed E-state index contributed by atoms with van der Waals surface area (Å²) in [6, 6.07) is 5.15. The average Bonchev–Trinajstić information content (AvgIpc) is 2.50. The van der Waals surface area contributed by atoms with E-state index in [0.717, 1.165) is 17.5 Å². The molecular formula is C15H19NO5S. The molecule has 0 atom stereocenters. The lowest BCUT2D eigenvalue weighted by atomic mass is 10.1. The molecule has 0 aromatic heterocycles. The van der Waals surface area contributed by atoms with E-state index in [-0.39, 0.29) is 24.5 Å². The monoisotopic (exact) mass is 325 g/mol. The summed E-state index contributed by atoms with van der Waals surface area (Å²) in [7, 11) is -1.87. The smallest absolute Gasteiger partial charge is 0.306 e. The van der Waals surface area contributed by atoms with Gasteiger partial charge in [0.05, 0.1) is 24.2 Å². The fourth-order valence-electron chi connectivity index (χ4n) is 2.41. The second kappa shape index (κ2) is 6.91. The van der Waals surface area contributed by atoms with Gasteiger partial charge in [0.1, 0.15) is 0 Å². The topological polar surface area (TPSA) is 89.5 Å². The van der Waals surface area contributed by atoms with Crippen molar-refractivity contribution in [3.63, 3.8) is 0 Å². The number of carbonyl (C=O) groups is 2. The van der Waals surface area contributed by atoms with Gasteiger partial charge in [-0.25, -0.2) is 8.42 Å². The Labute approximate surface area is 129 Å². The number of aryl methyl sites for hydroxylation is 1. The minimum atomic E-state index is -3.15. The van der Waals surface area contributed by atoms with Crippen LogP contribution in [0.15, 0.2) is 23.1 Å². The van der Waals surface area contributed by atoms with Crippen molar-refractivity contribution in [1.29, 1.82) is 0 Å². The van der Waals surface area contributed by atoms with E-state index in [4.69, 9.17) is 0 Å². The van der Waals surface area contributed by atoms with Gasteiger partial charge in [-0.15, -0.1) is 0 Å². The van der Waals surface area contributed by atoms with Crippen LogP contribution >= 0.6 is 0 Å². The van der Waals surface area contributed by atoms with Gasteiger partial charge in [-0.1, -0.05) is 12.1 Å². The standard InChI is InChI=1S/C15H19NO5S/c1-21-15(18)7-6-14(17)16-10-11-4-5-13-12(9-11)3-2-8-22(13,19)20/h4-5,9H,2-3,6-8,10H2,1H3,(H,16,17). The second-order valence-electron chi connectivity index (χ2n) is 5.22. The number of nitrogens with one attached hydrogen (secondary N) is 1. The Morgan fingerprint density at radius 3 is 2.77 bits per heavy atom. The summed E-state index contributed by atoms with van der Waals surface area (Å²) >= 11 is 0. The third kappa shape index (κ3) is 4.07. The fourth-order valence-corrected chi connectivity index (χ4v) is 3.99. The average molecular weight is 325 g/mol. The molecule has 1 aromatic rings. The van der Waals surface area contributed by atoms with Crippen LogP contribution in [0.4, 0.5) is 0 Å². The van der Waals surface area contributed by atoms with E-state index in [1.807, 2.05) is 6.07 Å². The van der Waals surface area contributed by atoms with Gasteiger partial charge in [-0.05, 0) is 30.0 Å². The number of methoxy groups -OCH3 is 1. The Hall–Kier alpha value is -1.89. The molecular weight excluding hydrogens is 306 g/mol. The molecule has 0 saturated heterocycles. The van der Waals surface area contributed by atoms with Gasteiger partial charge in [-0.3, -0.25) is 9.59 Å². The van der Waals surface area contributed by atoms with Gasteiger partial charge in [0.25, 0.3) is 0 Å². The van der Waals surface area contributed by atoms with Crippen LogP contribution in [-0.2, 0) is 37.1 Å². The van der Waals surface area contributed by atoms with Crippen LogP contribution in [0.3, 0.4) is 0 Å². The molecule has 1 aromatic carbocycles. The maximum atomic E-state index is 11.9. The van der Waals surface area contributed by atoms with Crippen molar-refractivity contribution in [2.24, 2.45) is 0 Å². The normalized spacial score (nSPS) is 15.7. The van der Waals surface area contributed by atoms with Gasteiger partial charge >= 0.3 is 5.97 Å². The van der Waals surface area contributed by atoms with Crippen molar-refractivity contribution in [3.05, 3.63) is 29.3 Å². The largest absolute Gasteiger partial charge is 0.469 e. The molecule has 2 rings (SSSR count). The Balaban J connectivity index is 1.95. The lowest BCUT2D eigenvalue weighted by Crippen LogP contribution is -2.24. The molecule has 7 heteroatoms. The zero-order valence-corrected chi connectivity index (χ0v) is 13.2. The first-order valence-electron chi connectivity index (χ1n) is 7.10. The molecule has 0 aliphatic carbocycles. The van der Waals surface area contributed by atoms with Gasteiger partial charge in [0.15, 0.2) is 9.84 Å². The molecule has 22 heavy (non-hydrogen) atoms. The summed E-state index contributed by atoms with van der Waals surface area (Å²) in [5, 5.41) is 2.71. The van der Waals surface area contributed by atoms with Crippen molar-refractivity contribution < 1.29 is 22.7 Å². The summed E-state index contributed by atoms with van der Waals surface area (Å²) in [5.41, 5.74) is 1.66. The first-order valence-corrected chi connectivity index (χ1v) is 8.75.